The number of aromatic nitrogens is 2. The zero-order valence-corrected chi connectivity index (χ0v) is 12.9. The lowest BCUT2D eigenvalue weighted by Gasteiger charge is -2.36. The van der Waals surface area contributed by atoms with Gasteiger partial charge in [-0.2, -0.15) is 5.10 Å². The second-order valence-corrected chi connectivity index (χ2v) is 6.25. The van der Waals surface area contributed by atoms with Crippen molar-refractivity contribution in [2.24, 2.45) is 0 Å². The summed E-state index contributed by atoms with van der Waals surface area (Å²) in [4.78, 5) is 2.53. The smallest absolute Gasteiger partial charge is 0.0867 e. The summed E-state index contributed by atoms with van der Waals surface area (Å²) in [5, 5.41) is 10.9. The van der Waals surface area contributed by atoms with E-state index >= 15 is 0 Å². The fourth-order valence-electron chi connectivity index (χ4n) is 3.56. The predicted molar refractivity (Wildman–Crippen MR) is 85.6 cm³/mol. The largest absolute Gasteiger partial charge is 0.374 e. The molecule has 5 nitrogen and oxygen atoms in total. The minimum Gasteiger partial charge on any atom is -0.374 e. The van der Waals surface area contributed by atoms with Gasteiger partial charge in [-0.15, -0.1) is 0 Å². The van der Waals surface area contributed by atoms with Crippen molar-refractivity contribution in [3.05, 3.63) is 41.6 Å². The Morgan fingerprint density at radius 3 is 3.23 bits per heavy atom. The molecule has 116 valence electrons. The number of morpholine rings is 1. The third-order valence-electron chi connectivity index (χ3n) is 4.71. The van der Waals surface area contributed by atoms with E-state index in [-0.39, 0.29) is 0 Å². The number of benzene rings is 1. The molecule has 2 atom stereocenters. The molecule has 22 heavy (non-hydrogen) atoms. The molecule has 0 amide bonds. The first-order valence-corrected chi connectivity index (χ1v) is 7.97. The van der Waals surface area contributed by atoms with Crippen molar-refractivity contribution in [3.8, 4) is 11.3 Å². The highest BCUT2D eigenvalue weighted by Crippen LogP contribution is 2.26. The van der Waals surface area contributed by atoms with Crippen molar-refractivity contribution < 1.29 is 4.74 Å². The number of nitrogens with zero attached hydrogens (tertiary/aromatic N) is 2. The Bertz CT molecular complexity index is 654. The zero-order chi connectivity index (χ0) is 14.9. The minimum atomic E-state index is 0.336. The van der Waals surface area contributed by atoms with Crippen LogP contribution in [0.3, 0.4) is 0 Å². The third kappa shape index (κ3) is 2.56. The number of hydrogen-bond donors (Lipinski definition) is 2. The van der Waals surface area contributed by atoms with Gasteiger partial charge in [-0.1, -0.05) is 23.8 Å². The fraction of sp³-hybridized carbons (Fsp3) is 0.471. The molecule has 3 heterocycles. The average molecular weight is 298 g/mol. The van der Waals surface area contributed by atoms with Gasteiger partial charge >= 0.3 is 0 Å². The summed E-state index contributed by atoms with van der Waals surface area (Å²) in [5.74, 6) is 0. The van der Waals surface area contributed by atoms with Crippen LogP contribution in [0.4, 0.5) is 0 Å². The lowest BCUT2D eigenvalue weighted by Crippen LogP contribution is -2.50. The van der Waals surface area contributed by atoms with Gasteiger partial charge in [0.05, 0.1) is 24.6 Å². The van der Waals surface area contributed by atoms with Crippen molar-refractivity contribution in [1.82, 2.24) is 20.4 Å². The van der Waals surface area contributed by atoms with E-state index in [1.807, 2.05) is 6.20 Å². The lowest BCUT2D eigenvalue weighted by atomic mass is 10.0. The van der Waals surface area contributed by atoms with Crippen LogP contribution in [0.15, 0.2) is 30.5 Å². The van der Waals surface area contributed by atoms with Crippen molar-refractivity contribution >= 4 is 0 Å². The number of H-pyrrole nitrogens is 1. The molecule has 1 aromatic carbocycles. The van der Waals surface area contributed by atoms with Gasteiger partial charge in [0, 0.05) is 43.3 Å². The van der Waals surface area contributed by atoms with Crippen molar-refractivity contribution in [1.29, 1.82) is 0 Å². The summed E-state index contributed by atoms with van der Waals surface area (Å²) in [7, 11) is 0. The van der Waals surface area contributed by atoms with Crippen molar-refractivity contribution in [2.75, 3.05) is 26.2 Å². The van der Waals surface area contributed by atoms with Crippen molar-refractivity contribution in [3.63, 3.8) is 0 Å². The van der Waals surface area contributed by atoms with Crippen LogP contribution in [0.25, 0.3) is 11.3 Å². The zero-order valence-electron chi connectivity index (χ0n) is 12.9. The van der Waals surface area contributed by atoms with Crippen LogP contribution in [0.5, 0.6) is 0 Å². The third-order valence-corrected chi connectivity index (χ3v) is 4.71. The Kier molecular flexibility index (Phi) is 3.70. The van der Waals surface area contributed by atoms with E-state index in [9.17, 15) is 0 Å². The summed E-state index contributed by atoms with van der Waals surface area (Å²) >= 11 is 0. The van der Waals surface area contributed by atoms with Gasteiger partial charge in [0.1, 0.15) is 0 Å². The van der Waals surface area contributed by atoms with Gasteiger partial charge in [0.15, 0.2) is 0 Å². The molecule has 0 saturated carbocycles. The summed E-state index contributed by atoms with van der Waals surface area (Å²) in [5.41, 5.74) is 4.88. The standard InChI is InChI=1S/C17H22N4O/c1-12-3-2-4-13(7-12)17-14(8-19-20-17)11-21-5-6-22-16-10-18-9-15(16)21/h2-4,7-8,15-16,18H,5-6,9-11H2,1H3,(H,19,20)/t15-,16+/m1/s1. The molecule has 0 spiro atoms. The van der Waals surface area contributed by atoms with Crippen LogP contribution < -0.4 is 5.32 Å². The fourth-order valence-corrected chi connectivity index (χ4v) is 3.56. The molecule has 1 aromatic heterocycles. The molecule has 0 aliphatic carbocycles. The molecule has 2 fully saturated rings. The Morgan fingerprint density at radius 1 is 1.36 bits per heavy atom. The molecule has 2 aliphatic heterocycles. The van der Waals surface area contributed by atoms with E-state index in [1.54, 1.807) is 0 Å². The number of rotatable bonds is 3. The summed E-state index contributed by atoms with van der Waals surface area (Å²) in [6.07, 6.45) is 2.30. The minimum absolute atomic E-state index is 0.336. The second kappa shape index (κ2) is 5.83. The first kappa shape index (κ1) is 13.9. The monoisotopic (exact) mass is 298 g/mol. The Hall–Kier alpha value is -1.69. The van der Waals surface area contributed by atoms with E-state index in [0.29, 0.717) is 12.1 Å². The topological polar surface area (TPSA) is 53.2 Å². The molecule has 0 radical (unpaired) electrons. The maximum atomic E-state index is 5.85. The van der Waals surface area contributed by atoms with E-state index < -0.39 is 0 Å². The molecule has 2 N–H and O–H groups in total. The first-order chi connectivity index (χ1) is 10.8. The summed E-state index contributed by atoms with van der Waals surface area (Å²) in [6, 6.07) is 9.05. The predicted octanol–water partition coefficient (Wildman–Crippen LogP) is 1.56. The average Bonchev–Trinajstić information content (AvgIpc) is 3.16. The number of hydrogen-bond acceptors (Lipinski definition) is 4. The van der Waals surface area contributed by atoms with Gasteiger partial charge in [-0.3, -0.25) is 10.00 Å². The number of ether oxygens (including phenoxy) is 1. The van der Waals surface area contributed by atoms with Crippen LogP contribution in [0, 0.1) is 6.92 Å². The van der Waals surface area contributed by atoms with Gasteiger partial charge < -0.3 is 10.1 Å². The van der Waals surface area contributed by atoms with E-state index in [0.717, 1.165) is 38.5 Å². The quantitative estimate of drug-likeness (QED) is 0.903. The number of aryl methyl sites for hydroxylation is 1. The number of aromatic amines is 1. The highest BCUT2D eigenvalue weighted by molar-refractivity contribution is 5.63. The van der Waals surface area contributed by atoms with Crippen LogP contribution in [0.1, 0.15) is 11.1 Å². The summed E-state index contributed by atoms with van der Waals surface area (Å²) in [6.45, 7) is 6.84. The van der Waals surface area contributed by atoms with Gasteiger partial charge in [0.25, 0.3) is 0 Å². The lowest BCUT2D eigenvalue weighted by molar-refractivity contribution is -0.0499. The maximum Gasteiger partial charge on any atom is 0.0867 e. The Morgan fingerprint density at radius 2 is 2.32 bits per heavy atom. The van der Waals surface area contributed by atoms with Gasteiger partial charge in [-0.25, -0.2) is 0 Å². The van der Waals surface area contributed by atoms with E-state index in [4.69, 9.17) is 4.74 Å². The molecule has 0 bridgehead atoms. The first-order valence-electron chi connectivity index (χ1n) is 7.97. The Balaban J connectivity index is 1.58. The molecular weight excluding hydrogens is 276 g/mol. The number of fused-ring (bicyclic) bond motifs is 1. The maximum absolute atomic E-state index is 5.85. The number of nitrogens with one attached hydrogen (secondary N) is 2. The molecule has 0 unspecified atom stereocenters. The van der Waals surface area contributed by atoms with E-state index in [1.165, 1.54) is 16.7 Å². The molecular formula is C17H22N4O. The van der Waals surface area contributed by atoms with Gasteiger partial charge in [-0.05, 0) is 13.0 Å². The van der Waals surface area contributed by atoms with Crippen molar-refractivity contribution in [2.45, 2.75) is 25.6 Å². The molecule has 2 aliphatic rings. The van der Waals surface area contributed by atoms with E-state index in [2.05, 4.69) is 51.6 Å². The highest BCUT2D eigenvalue weighted by atomic mass is 16.5. The molecule has 2 saturated heterocycles. The van der Waals surface area contributed by atoms with Crippen LogP contribution in [0.2, 0.25) is 0 Å². The van der Waals surface area contributed by atoms with Crippen LogP contribution in [-0.4, -0.2) is 53.5 Å². The van der Waals surface area contributed by atoms with Gasteiger partial charge in [0.2, 0.25) is 0 Å². The Labute approximate surface area is 130 Å². The SMILES string of the molecule is Cc1cccc(-c2[nH]ncc2CN2CCO[C@H]3CNC[C@H]32)c1. The molecule has 2 aromatic rings. The highest BCUT2D eigenvalue weighted by Gasteiger charge is 2.36. The molecule has 4 rings (SSSR count). The normalized spacial score (nSPS) is 25.3. The second-order valence-electron chi connectivity index (χ2n) is 6.25. The molecule has 5 heteroatoms. The van der Waals surface area contributed by atoms with Crippen LogP contribution >= 0.6 is 0 Å². The van der Waals surface area contributed by atoms with Crippen LogP contribution in [-0.2, 0) is 11.3 Å². The summed E-state index contributed by atoms with van der Waals surface area (Å²) < 4.78 is 5.85.